The van der Waals surface area contributed by atoms with Crippen molar-refractivity contribution in [3.63, 3.8) is 0 Å². The molecule has 2 aromatic rings. The number of rotatable bonds is 9. The Morgan fingerprint density at radius 1 is 1.19 bits per heavy atom. The van der Waals surface area contributed by atoms with Crippen LogP contribution in [0.3, 0.4) is 0 Å². The highest BCUT2D eigenvalue weighted by molar-refractivity contribution is 8.02. The molecule has 3 aliphatic heterocycles. The van der Waals surface area contributed by atoms with Crippen molar-refractivity contribution in [1.82, 2.24) is 4.90 Å². The van der Waals surface area contributed by atoms with E-state index in [0.29, 0.717) is 32.2 Å². The molecule has 0 saturated carbocycles. The summed E-state index contributed by atoms with van der Waals surface area (Å²) in [6.07, 6.45) is 4.02. The number of unbranched alkanes of at least 4 members (excludes halogenated alkanes) is 1. The van der Waals surface area contributed by atoms with Crippen molar-refractivity contribution in [2.45, 2.75) is 48.1 Å². The Balaban J connectivity index is 1.58. The van der Waals surface area contributed by atoms with E-state index in [0.717, 1.165) is 16.5 Å². The van der Waals surface area contributed by atoms with Crippen molar-refractivity contribution in [2.75, 3.05) is 24.6 Å². The summed E-state index contributed by atoms with van der Waals surface area (Å²) in [7, 11) is 0. The van der Waals surface area contributed by atoms with Crippen LogP contribution in [0.4, 0.5) is 5.69 Å². The molecule has 2 N–H and O–H groups in total. The summed E-state index contributed by atoms with van der Waals surface area (Å²) in [4.78, 5) is 43.9. The first kappa shape index (κ1) is 24.8. The molecule has 8 heteroatoms. The van der Waals surface area contributed by atoms with E-state index >= 15 is 0 Å². The smallest absolute Gasteiger partial charge is 0.308 e. The van der Waals surface area contributed by atoms with Gasteiger partial charge < -0.3 is 20.0 Å². The molecule has 36 heavy (non-hydrogen) atoms. The van der Waals surface area contributed by atoms with Gasteiger partial charge in [-0.05, 0) is 55.5 Å². The molecule has 7 nitrogen and oxygen atoms in total. The second-order valence-corrected chi connectivity index (χ2v) is 12.2. The van der Waals surface area contributed by atoms with Crippen LogP contribution in [0.25, 0.3) is 10.8 Å². The molecule has 3 aliphatic rings. The Hall–Kier alpha value is -2.84. The number of hydrogen-bond donors (Lipinski definition) is 2. The maximum absolute atomic E-state index is 14.4. The fourth-order valence-electron chi connectivity index (χ4n) is 6.66. The van der Waals surface area contributed by atoms with Gasteiger partial charge in [-0.25, -0.2) is 0 Å². The molecule has 5 rings (SSSR count). The van der Waals surface area contributed by atoms with E-state index in [1.54, 1.807) is 15.9 Å². The molecule has 190 valence electrons. The molecule has 2 bridgehead atoms. The lowest BCUT2D eigenvalue weighted by Crippen LogP contribution is -2.55. The Morgan fingerprint density at radius 3 is 2.64 bits per heavy atom. The minimum Gasteiger partial charge on any atom is -0.481 e. The van der Waals surface area contributed by atoms with Crippen LogP contribution in [0, 0.1) is 11.8 Å². The van der Waals surface area contributed by atoms with Gasteiger partial charge in [0.15, 0.2) is 0 Å². The summed E-state index contributed by atoms with van der Waals surface area (Å²) in [6.45, 7) is 6.39. The SMILES string of the molecule is C=CCN(C(=O)C1N(CCCCO)C(=O)[C@@H]2[C@@H](C(=O)O)[C@@]3(C)CCC12S3)c1ccc2ccccc2c1. The molecule has 0 aromatic heterocycles. The van der Waals surface area contributed by atoms with Gasteiger partial charge >= 0.3 is 5.97 Å². The zero-order valence-electron chi connectivity index (χ0n) is 20.4. The minimum absolute atomic E-state index is 0.000530. The maximum atomic E-state index is 14.4. The van der Waals surface area contributed by atoms with Crippen molar-refractivity contribution in [3.05, 3.63) is 55.1 Å². The molecule has 0 aliphatic carbocycles. The number of carbonyl (C=O) groups is 3. The first-order chi connectivity index (χ1) is 17.3. The van der Waals surface area contributed by atoms with E-state index < -0.39 is 33.3 Å². The lowest BCUT2D eigenvalue weighted by molar-refractivity contribution is -0.150. The number of anilines is 1. The number of carbonyl (C=O) groups excluding carboxylic acids is 2. The molecule has 3 saturated heterocycles. The number of carboxylic acids is 1. The van der Waals surface area contributed by atoms with Crippen molar-refractivity contribution in [3.8, 4) is 0 Å². The summed E-state index contributed by atoms with van der Waals surface area (Å²) in [5.74, 6) is -2.97. The lowest BCUT2D eigenvalue weighted by Gasteiger charge is -2.37. The number of benzene rings is 2. The van der Waals surface area contributed by atoms with Crippen molar-refractivity contribution in [2.24, 2.45) is 11.8 Å². The van der Waals surface area contributed by atoms with Crippen LogP contribution < -0.4 is 4.90 Å². The van der Waals surface area contributed by atoms with Gasteiger partial charge in [0.2, 0.25) is 5.91 Å². The average Bonchev–Trinajstić information content (AvgIpc) is 3.43. The summed E-state index contributed by atoms with van der Waals surface area (Å²) < 4.78 is -1.35. The number of thioether (sulfide) groups is 1. The highest BCUT2D eigenvalue weighted by Gasteiger charge is 2.77. The quantitative estimate of drug-likeness (QED) is 0.396. The van der Waals surface area contributed by atoms with Crippen LogP contribution in [0.15, 0.2) is 55.1 Å². The lowest BCUT2D eigenvalue weighted by atomic mass is 9.66. The summed E-state index contributed by atoms with van der Waals surface area (Å²) in [5, 5.41) is 21.5. The normalized spacial score (nSPS) is 30.6. The van der Waals surface area contributed by atoms with Crippen molar-refractivity contribution >= 4 is 46.0 Å². The second kappa shape index (κ2) is 9.23. The molecule has 3 fully saturated rings. The molecule has 2 aromatic carbocycles. The fourth-order valence-corrected chi connectivity index (χ4v) is 9.00. The largest absolute Gasteiger partial charge is 0.481 e. The number of carboxylic acid groups (broad SMARTS) is 1. The highest BCUT2D eigenvalue weighted by atomic mass is 32.2. The number of aliphatic hydroxyl groups excluding tert-OH is 1. The van der Waals surface area contributed by atoms with E-state index in [1.807, 2.05) is 49.4 Å². The molecule has 2 unspecified atom stereocenters. The highest BCUT2D eigenvalue weighted by Crippen LogP contribution is 2.71. The fraction of sp³-hybridized carbons (Fsp3) is 0.464. The standard InChI is InChI=1S/C28H32N2O5S/c1-3-14-29(20-11-10-18-8-4-5-9-19(18)17-20)25(33)23-28-13-12-27(2,36-28)22(26(34)35)21(28)24(32)30(23)15-6-7-16-31/h3-5,8-11,17,21-23,31H,1,6-7,12-16H2,2H3,(H,34,35)/t21-,22-,23?,27+,28?/m0/s1. The predicted molar refractivity (Wildman–Crippen MR) is 141 cm³/mol. The number of nitrogens with zero attached hydrogens (tertiary/aromatic N) is 2. The van der Waals surface area contributed by atoms with Crippen molar-refractivity contribution in [1.29, 1.82) is 0 Å². The van der Waals surface area contributed by atoms with Gasteiger partial charge in [0.1, 0.15) is 6.04 Å². The Morgan fingerprint density at radius 2 is 1.94 bits per heavy atom. The van der Waals surface area contributed by atoms with Crippen LogP contribution in [-0.2, 0) is 14.4 Å². The second-order valence-electron chi connectivity index (χ2n) is 10.3. The molecule has 2 amide bonds. The Bertz CT molecular complexity index is 1230. The first-order valence-corrected chi connectivity index (χ1v) is 13.3. The van der Waals surface area contributed by atoms with Crippen LogP contribution in [0.5, 0.6) is 0 Å². The third-order valence-corrected chi connectivity index (χ3v) is 10.2. The molecule has 5 atom stereocenters. The number of likely N-dealkylation sites (tertiary alicyclic amines) is 1. The number of amides is 2. The monoisotopic (exact) mass is 508 g/mol. The van der Waals surface area contributed by atoms with Gasteiger partial charge in [0.05, 0.1) is 16.6 Å². The van der Waals surface area contributed by atoms with E-state index in [9.17, 15) is 24.6 Å². The third-order valence-electron chi connectivity index (χ3n) is 8.21. The summed E-state index contributed by atoms with van der Waals surface area (Å²) >= 11 is 1.54. The molecule has 1 spiro atoms. The van der Waals surface area contributed by atoms with E-state index in [2.05, 4.69) is 6.58 Å². The Labute approximate surface area is 215 Å². The Kier molecular flexibility index (Phi) is 6.37. The van der Waals surface area contributed by atoms with E-state index in [-0.39, 0.29) is 25.0 Å². The molecular formula is C28H32N2O5S. The van der Waals surface area contributed by atoms with Crippen LogP contribution >= 0.6 is 11.8 Å². The van der Waals surface area contributed by atoms with E-state index in [1.165, 1.54) is 11.8 Å². The maximum Gasteiger partial charge on any atom is 0.308 e. The van der Waals surface area contributed by atoms with Gasteiger partial charge in [-0.3, -0.25) is 14.4 Å². The summed E-state index contributed by atoms with van der Waals surface area (Å²) in [6, 6.07) is 13.0. The zero-order valence-corrected chi connectivity index (χ0v) is 21.2. The third kappa shape index (κ3) is 3.65. The summed E-state index contributed by atoms with van der Waals surface area (Å²) in [5.41, 5.74) is 0.722. The zero-order chi connectivity index (χ0) is 25.7. The number of hydrogen-bond acceptors (Lipinski definition) is 5. The molecule has 0 radical (unpaired) electrons. The molecular weight excluding hydrogens is 476 g/mol. The van der Waals surface area contributed by atoms with Gasteiger partial charge in [0, 0.05) is 30.1 Å². The van der Waals surface area contributed by atoms with Gasteiger partial charge in [0.25, 0.3) is 5.91 Å². The van der Waals surface area contributed by atoms with E-state index in [4.69, 9.17) is 0 Å². The molecule has 3 heterocycles. The van der Waals surface area contributed by atoms with Crippen LogP contribution in [-0.4, -0.2) is 68.1 Å². The average molecular weight is 509 g/mol. The predicted octanol–water partition coefficient (Wildman–Crippen LogP) is 3.70. The van der Waals surface area contributed by atoms with Crippen LogP contribution in [0.2, 0.25) is 0 Å². The van der Waals surface area contributed by atoms with Crippen LogP contribution in [0.1, 0.15) is 32.6 Å². The van der Waals surface area contributed by atoms with Gasteiger partial charge in [-0.1, -0.05) is 36.4 Å². The number of aliphatic hydroxyl groups is 1. The van der Waals surface area contributed by atoms with Gasteiger partial charge in [-0.2, -0.15) is 0 Å². The number of fused-ring (bicyclic) bond motifs is 2. The first-order valence-electron chi connectivity index (χ1n) is 12.5. The topological polar surface area (TPSA) is 98.2 Å². The van der Waals surface area contributed by atoms with Gasteiger partial charge in [-0.15, -0.1) is 18.3 Å². The minimum atomic E-state index is -0.967. The van der Waals surface area contributed by atoms with Crippen molar-refractivity contribution < 1.29 is 24.6 Å². The number of aliphatic carboxylic acids is 1.